The maximum Gasteiger partial charge on any atom is 0.180 e. The van der Waals surface area contributed by atoms with Crippen molar-refractivity contribution in [3.8, 4) is 11.6 Å². The summed E-state index contributed by atoms with van der Waals surface area (Å²) in [5, 5.41) is 10.8. The van der Waals surface area contributed by atoms with Gasteiger partial charge in [-0.15, -0.1) is 0 Å². The summed E-state index contributed by atoms with van der Waals surface area (Å²) in [6.07, 6.45) is -0.949. The predicted molar refractivity (Wildman–Crippen MR) is 92.5 cm³/mol. The highest BCUT2D eigenvalue weighted by Gasteiger charge is 2.50. The van der Waals surface area contributed by atoms with Crippen LogP contribution in [-0.2, 0) is 25.6 Å². The van der Waals surface area contributed by atoms with Gasteiger partial charge in [0.1, 0.15) is 31.4 Å². The van der Waals surface area contributed by atoms with Crippen LogP contribution in [0.3, 0.4) is 0 Å². The molecule has 3 N–H and O–H groups in total. The SMILES string of the molecule is Nc1ncnc2c1nc(-c1ccco1)n2[C@@H]1OC2COP([O-])(=S)OC2[C@@H]1O. The highest BCUT2D eigenvalue weighted by atomic mass is 32.5. The number of furan rings is 1. The molecule has 2 fully saturated rings. The summed E-state index contributed by atoms with van der Waals surface area (Å²) in [7, 11) is 0. The fourth-order valence-electron chi connectivity index (χ4n) is 3.29. The minimum absolute atomic E-state index is 0.0567. The van der Waals surface area contributed by atoms with Gasteiger partial charge >= 0.3 is 0 Å². The highest BCUT2D eigenvalue weighted by molar-refractivity contribution is 8.06. The second-order valence-electron chi connectivity index (χ2n) is 6.08. The first kappa shape index (κ1) is 17.2. The lowest BCUT2D eigenvalue weighted by Crippen LogP contribution is -2.41. The maximum absolute atomic E-state index is 12.0. The molecule has 0 aromatic carbocycles. The third kappa shape index (κ3) is 2.69. The number of imidazole rings is 1. The Bertz CT molecular complexity index is 1060. The van der Waals surface area contributed by atoms with Crippen LogP contribution in [0.5, 0.6) is 0 Å². The molecule has 0 aliphatic carbocycles. The smallest absolute Gasteiger partial charge is 0.180 e. The van der Waals surface area contributed by atoms with Crippen LogP contribution in [0.2, 0.25) is 0 Å². The first-order valence-electron chi connectivity index (χ1n) is 7.94. The van der Waals surface area contributed by atoms with E-state index >= 15 is 0 Å². The van der Waals surface area contributed by atoms with E-state index in [1.165, 1.54) is 12.6 Å². The van der Waals surface area contributed by atoms with Gasteiger partial charge in [0.25, 0.3) is 0 Å². The number of nitrogens with two attached hydrogens (primary N) is 1. The van der Waals surface area contributed by atoms with Crippen LogP contribution in [0.15, 0.2) is 29.1 Å². The van der Waals surface area contributed by atoms with E-state index in [1.807, 2.05) is 0 Å². The molecule has 27 heavy (non-hydrogen) atoms. The molecule has 5 rings (SSSR count). The minimum Gasteiger partial charge on any atom is -0.780 e. The van der Waals surface area contributed by atoms with Crippen LogP contribution in [0.4, 0.5) is 5.82 Å². The van der Waals surface area contributed by atoms with E-state index < -0.39 is 31.3 Å². The van der Waals surface area contributed by atoms with Crippen LogP contribution in [0.1, 0.15) is 6.23 Å². The lowest BCUT2D eigenvalue weighted by atomic mass is 10.1. The minimum atomic E-state index is -3.66. The van der Waals surface area contributed by atoms with E-state index in [0.29, 0.717) is 22.7 Å². The number of hydrogen-bond acceptors (Lipinski definition) is 11. The fourth-order valence-corrected chi connectivity index (χ4v) is 4.72. The Hall–Kier alpha value is -1.92. The Morgan fingerprint density at radius 3 is 3.04 bits per heavy atom. The van der Waals surface area contributed by atoms with E-state index in [-0.39, 0.29) is 12.4 Å². The quantitative estimate of drug-likeness (QED) is 0.546. The lowest BCUT2D eigenvalue weighted by Gasteiger charge is -2.38. The molecule has 5 atom stereocenters. The number of rotatable bonds is 2. The zero-order valence-corrected chi connectivity index (χ0v) is 15.2. The molecule has 3 aromatic rings. The summed E-state index contributed by atoms with van der Waals surface area (Å²) in [5.41, 5.74) is 6.60. The molecule has 11 nitrogen and oxygen atoms in total. The molecule has 0 bridgehead atoms. The van der Waals surface area contributed by atoms with Crippen molar-refractivity contribution in [2.75, 3.05) is 12.3 Å². The average Bonchev–Trinajstić information content (AvgIpc) is 3.33. The second kappa shape index (κ2) is 6.04. The van der Waals surface area contributed by atoms with Gasteiger partial charge in [-0.05, 0) is 12.1 Å². The van der Waals surface area contributed by atoms with Crippen LogP contribution in [-0.4, -0.2) is 49.5 Å². The van der Waals surface area contributed by atoms with Crippen LogP contribution in [0, 0.1) is 0 Å². The van der Waals surface area contributed by atoms with Gasteiger partial charge in [-0.3, -0.25) is 4.57 Å². The summed E-state index contributed by atoms with van der Waals surface area (Å²) in [6.45, 7) is -3.72. The van der Waals surface area contributed by atoms with Gasteiger partial charge < -0.3 is 33.9 Å². The average molecular weight is 410 g/mol. The molecule has 3 unspecified atom stereocenters. The molecule has 0 saturated carbocycles. The molecule has 2 saturated heterocycles. The monoisotopic (exact) mass is 410 g/mol. The normalized spacial score (nSPS) is 33.4. The highest BCUT2D eigenvalue weighted by Crippen LogP contribution is 2.50. The summed E-state index contributed by atoms with van der Waals surface area (Å²) >= 11 is 4.77. The molecule has 0 radical (unpaired) electrons. The van der Waals surface area contributed by atoms with Gasteiger partial charge in [-0.1, -0.05) is 11.8 Å². The number of hydrogen-bond donors (Lipinski definition) is 2. The Labute approximate surface area is 157 Å². The summed E-state index contributed by atoms with van der Waals surface area (Å²) in [5.74, 6) is 0.933. The largest absolute Gasteiger partial charge is 0.780 e. The molecule has 3 aromatic heterocycles. The number of anilines is 1. The van der Waals surface area contributed by atoms with E-state index in [9.17, 15) is 10.00 Å². The first-order valence-corrected chi connectivity index (χ1v) is 10.5. The van der Waals surface area contributed by atoms with E-state index in [4.69, 9.17) is 35.7 Å². The second-order valence-corrected chi connectivity index (χ2v) is 8.79. The third-order valence-electron chi connectivity index (χ3n) is 4.46. The number of aromatic nitrogens is 4. The van der Waals surface area contributed by atoms with Crippen LogP contribution >= 0.6 is 6.72 Å². The van der Waals surface area contributed by atoms with Crippen molar-refractivity contribution in [3.63, 3.8) is 0 Å². The van der Waals surface area contributed by atoms with Gasteiger partial charge in [-0.2, -0.15) is 0 Å². The van der Waals surface area contributed by atoms with Crippen molar-refractivity contribution in [2.45, 2.75) is 24.5 Å². The van der Waals surface area contributed by atoms with Gasteiger partial charge in [-0.25, -0.2) is 15.0 Å². The number of fused-ring (bicyclic) bond motifs is 2. The number of aliphatic hydroxyl groups excluding tert-OH is 1. The number of nitrogens with zero attached hydrogens (tertiary/aromatic N) is 4. The molecule has 5 heterocycles. The standard InChI is InChI=1S/C14H14N5O6PS/c15-11-8-13(17-5-16-11)19(12(18-8)6-2-1-3-22-6)14-9(20)10-7(24-14)4-23-26(21,27)25-10/h1-3,5,7,9-10,14,20H,4H2,(H,21,27)(H2,15,16,17)/p-1/t7?,9-,10?,14+,26?/m0/s1. The Balaban J connectivity index is 1.66. The van der Waals surface area contributed by atoms with Gasteiger partial charge in [0, 0.05) is 0 Å². The molecular weight excluding hydrogens is 397 g/mol. The zero-order chi connectivity index (χ0) is 18.8. The summed E-state index contributed by atoms with van der Waals surface area (Å²) < 4.78 is 23.2. The van der Waals surface area contributed by atoms with Crippen molar-refractivity contribution < 1.29 is 28.2 Å². The Morgan fingerprint density at radius 2 is 2.26 bits per heavy atom. The topological polar surface area (TPSA) is 154 Å². The van der Waals surface area contributed by atoms with Crippen LogP contribution in [0.25, 0.3) is 22.7 Å². The van der Waals surface area contributed by atoms with Crippen molar-refractivity contribution in [1.29, 1.82) is 0 Å². The number of ether oxygens (including phenoxy) is 1. The maximum atomic E-state index is 12.0. The molecule has 142 valence electrons. The number of aliphatic hydroxyl groups is 1. The van der Waals surface area contributed by atoms with E-state index in [0.717, 1.165) is 0 Å². The lowest BCUT2D eigenvalue weighted by molar-refractivity contribution is -0.227. The fraction of sp³-hybridized carbons (Fsp3) is 0.357. The van der Waals surface area contributed by atoms with Crippen molar-refractivity contribution in [2.24, 2.45) is 0 Å². The number of nitrogen functional groups attached to an aromatic ring is 1. The van der Waals surface area contributed by atoms with Crippen molar-refractivity contribution in [1.82, 2.24) is 19.5 Å². The summed E-state index contributed by atoms with van der Waals surface area (Å²) in [4.78, 5) is 24.6. The molecule has 0 spiro atoms. The molecular formula is C14H13N5O6PS-. The predicted octanol–water partition coefficient (Wildman–Crippen LogP) is -0.0730. The van der Waals surface area contributed by atoms with Gasteiger partial charge in [0.2, 0.25) is 0 Å². The van der Waals surface area contributed by atoms with Gasteiger partial charge in [0.05, 0.1) is 12.9 Å². The third-order valence-corrected chi connectivity index (χ3v) is 6.00. The van der Waals surface area contributed by atoms with E-state index in [1.54, 1.807) is 16.7 Å². The van der Waals surface area contributed by atoms with Crippen LogP contribution < -0.4 is 10.6 Å². The Kier molecular flexibility index (Phi) is 3.85. The summed E-state index contributed by atoms with van der Waals surface area (Å²) in [6, 6.07) is 3.40. The van der Waals surface area contributed by atoms with Gasteiger partial charge in [0.15, 0.2) is 34.8 Å². The molecule has 0 amide bonds. The zero-order valence-electron chi connectivity index (χ0n) is 13.5. The molecule has 2 aliphatic heterocycles. The van der Waals surface area contributed by atoms with Crippen molar-refractivity contribution in [3.05, 3.63) is 24.7 Å². The van der Waals surface area contributed by atoms with E-state index in [2.05, 4.69) is 15.0 Å². The molecule has 13 heteroatoms. The first-order chi connectivity index (χ1) is 12.9. The molecule has 2 aliphatic rings. The van der Waals surface area contributed by atoms with Crippen molar-refractivity contribution >= 4 is 35.5 Å². The Morgan fingerprint density at radius 1 is 1.41 bits per heavy atom.